The summed E-state index contributed by atoms with van der Waals surface area (Å²) in [6.45, 7) is 8.44. The number of nitrogens with zero attached hydrogens (tertiary/aromatic N) is 2. The molecule has 11 nitrogen and oxygen atoms in total. The van der Waals surface area contributed by atoms with Crippen LogP contribution in [0.1, 0.15) is 111 Å². The van der Waals surface area contributed by atoms with Gasteiger partial charge in [-0.05, 0) is 84.8 Å². The molecule has 3 aromatic carbocycles. The molecule has 0 radical (unpaired) electrons. The Morgan fingerprint density at radius 3 is 2.51 bits per heavy atom. The minimum Gasteiger partial charge on any atom is -0.390 e. The summed E-state index contributed by atoms with van der Waals surface area (Å²) >= 11 is 0. The number of hydrogen-bond acceptors (Lipinski definition) is 9. The number of ketones is 3. The number of piperidine rings is 1. The second-order valence-corrected chi connectivity index (χ2v) is 15.8. The van der Waals surface area contributed by atoms with Gasteiger partial charge in [0.15, 0.2) is 17.3 Å². The maximum atomic E-state index is 14.0. The number of H-pyrrole nitrogens is 1. The maximum Gasteiger partial charge on any atom is 0.229 e. The number of imide groups is 1. The molecule has 2 unspecified atom stereocenters. The molecule has 278 valence electrons. The number of hydrogen-bond donors (Lipinski definition) is 4. The van der Waals surface area contributed by atoms with E-state index in [1.807, 2.05) is 37.4 Å². The van der Waals surface area contributed by atoms with E-state index in [0.717, 1.165) is 52.1 Å². The highest BCUT2D eigenvalue weighted by molar-refractivity contribution is 6.26. The van der Waals surface area contributed by atoms with Crippen LogP contribution in [0.25, 0.3) is 16.5 Å². The first-order chi connectivity index (χ1) is 26.4. The summed E-state index contributed by atoms with van der Waals surface area (Å²) in [6.07, 6.45) is 5.29. The fraction of sp³-hybridized carbons (Fsp3) is 0.341. The quantitative estimate of drug-likeness (QED) is 0.0869. The summed E-state index contributed by atoms with van der Waals surface area (Å²) in [5, 5.41) is 24.4. The van der Waals surface area contributed by atoms with Gasteiger partial charge in [-0.2, -0.15) is 5.26 Å². The van der Waals surface area contributed by atoms with Gasteiger partial charge in [-0.15, -0.1) is 0 Å². The molecule has 2 fully saturated rings. The lowest BCUT2D eigenvalue weighted by atomic mass is 9.70. The van der Waals surface area contributed by atoms with Crippen molar-refractivity contribution in [3.8, 4) is 6.07 Å². The fourth-order valence-electron chi connectivity index (χ4n) is 8.88. The average Bonchev–Trinajstić information content (AvgIpc) is 3.67. The van der Waals surface area contributed by atoms with Crippen LogP contribution in [0.15, 0.2) is 54.7 Å². The van der Waals surface area contributed by atoms with Crippen LogP contribution in [0, 0.1) is 34.5 Å². The number of nitrogens with one attached hydrogen (secondary N) is 4. The third-order valence-corrected chi connectivity index (χ3v) is 12.1. The Balaban J connectivity index is 0.930. The van der Waals surface area contributed by atoms with Crippen molar-refractivity contribution in [2.24, 2.45) is 17.8 Å². The molecule has 2 aliphatic carbocycles. The summed E-state index contributed by atoms with van der Waals surface area (Å²) in [5.74, 6) is -1.89. The van der Waals surface area contributed by atoms with Gasteiger partial charge in [0, 0.05) is 100 Å². The standard InChI is InChI=1S/C44H42N6O5/c1-4-25-14-34-35(44(2,3)42-38(41(34)54)30-9-5-23(17-45)13-36(30)48-42)16-32(25)27(18-46)20-47-19-24-21-50(22-24)28-8-11-29-33(15-28)40(53)31(39(29)52)10-6-26-7-12-37(51)49-43(26)55/h5,8-9,11,13-16,18,20,24,26,31,46-48H,4,6-7,10,12,19,21-22H2,1-3H3,(H,49,51,55)/b27-20+,46-18?. The number of fused-ring (bicyclic) bond motifs is 5. The topological polar surface area (TPSA) is 176 Å². The molecule has 2 aliphatic heterocycles. The SMILES string of the molecule is CCc1cc2c(cc1/C(C=N)=C/NCC1CN(c3ccc4c(c3)C(=O)C(CCC3CCC(=O)NC3=O)C4=O)C1)C(C)(C)c1[nH]c3cc(C#N)ccc3c1C2=O. The number of aromatic nitrogens is 1. The Kier molecular flexibility index (Phi) is 8.87. The molecule has 4 aromatic rings. The lowest BCUT2D eigenvalue weighted by Crippen LogP contribution is -2.50. The average molecular weight is 735 g/mol. The Labute approximate surface area is 318 Å². The highest BCUT2D eigenvalue weighted by atomic mass is 16.2. The van der Waals surface area contributed by atoms with E-state index in [-0.39, 0.29) is 47.9 Å². The molecule has 0 saturated carbocycles. The van der Waals surface area contributed by atoms with Gasteiger partial charge in [-0.25, -0.2) is 0 Å². The predicted molar refractivity (Wildman–Crippen MR) is 209 cm³/mol. The van der Waals surface area contributed by atoms with Gasteiger partial charge in [0.2, 0.25) is 11.8 Å². The molecule has 2 saturated heterocycles. The van der Waals surface area contributed by atoms with Crippen LogP contribution in [-0.4, -0.2) is 60.0 Å². The first-order valence-electron chi connectivity index (χ1n) is 19.0. The van der Waals surface area contributed by atoms with Crippen LogP contribution in [0.3, 0.4) is 0 Å². The van der Waals surface area contributed by atoms with Gasteiger partial charge in [-0.1, -0.05) is 26.8 Å². The summed E-state index contributed by atoms with van der Waals surface area (Å²) < 4.78 is 0. The minimum atomic E-state index is -0.793. The third kappa shape index (κ3) is 5.97. The van der Waals surface area contributed by atoms with Crippen molar-refractivity contribution in [3.05, 3.63) is 105 Å². The summed E-state index contributed by atoms with van der Waals surface area (Å²) in [6, 6.07) is 17.0. The lowest BCUT2D eigenvalue weighted by Gasteiger charge is -2.41. The molecule has 4 N–H and O–H groups in total. The molecule has 2 amide bonds. The second-order valence-electron chi connectivity index (χ2n) is 15.8. The highest BCUT2D eigenvalue weighted by Gasteiger charge is 2.42. The van der Waals surface area contributed by atoms with E-state index in [1.54, 1.807) is 18.2 Å². The molecule has 11 heteroatoms. The molecule has 1 aromatic heterocycles. The normalized spacial score (nSPS) is 20.4. The lowest BCUT2D eigenvalue weighted by molar-refractivity contribution is -0.136. The second kappa shape index (κ2) is 13.6. The van der Waals surface area contributed by atoms with Crippen LogP contribution in [0.4, 0.5) is 5.69 Å². The number of rotatable bonds is 10. The summed E-state index contributed by atoms with van der Waals surface area (Å²) in [7, 11) is 0. The van der Waals surface area contributed by atoms with Crippen LogP contribution in [0.2, 0.25) is 0 Å². The largest absolute Gasteiger partial charge is 0.390 e. The number of nitriles is 1. The number of aromatic amines is 1. The minimum absolute atomic E-state index is 0.0430. The van der Waals surface area contributed by atoms with Crippen molar-refractivity contribution in [3.63, 3.8) is 0 Å². The summed E-state index contributed by atoms with van der Waals surface area (Å²) in [4.78, 5) is 69.9. The van der Waals surface area contributed by atoms with Crippen molar-refractivity contribution < 1.29 is 24.0 Å². The number of aryl methyl sites for hydroxylation is 1. The highest BCUT2D eigenvalue weighted by Crippen LogP contribution is 2.45. The number of anilines is 1. The predicted octanol–water partition coefficient (Wildman–Crippen LogP) is 6.02. The zero-order valence-electron chi connectivity index (χ0n) is 31.1. The fourth-order valence-corrected chi connectivity index (χ4v) is 8.88. The molecule has 0 bridgehead atoms. The third-order valence-electron chi connectivity index (χ3n) is 12.1. The van der Waals surface area contributed by atoms with E-state index in [2.05, 4.69) is 46.5 Å². The Morgan fingerprint density at radius 2 is 1.78 bits per heavy atom. The van der Waals surface area contributed by atoms with Gasteiger partial charge in [-0.3, -0.25) is 29.3 Å². The van der Waals surface area contributed by atoms with E-state index in [4.69, 9.17) is 5.41 Å². The number of benzene rings is 3. The number of carbonyl (C=O) groups excluding carboxylic acids is 5. The first-order valence-corrected chi connectivity index (χ1v) is 19.0. The van der Waals surface area contributed by atoms with Gasteiger partial charge in [0.1, 0.15) is 0 Å². The van der Waals surface area contributed by atoms with Gasteiger partial charge < -0.3 is 20.6 Å². The van der Waals surface area contributed by atoms with Crippen LogP contribution < -0.4 is 15.5 Å². The Bertz CT molecular complexity index is 2440. The Morgan fingerprint density at radius 1 is 1.00 bits per heavy atom. The van der Waals surface area contributed by atoms with Crippen molar-refractivity contribution in [1.29, 1.82) is 10.7 Å². The van der Waals surface area contributed by atoms with Crippen molar-refractivity contribution >= 4 is 57.5 Å². The number of allylic oxidation sites excluding steroid dienone is 1. The van der Waals surface area contributed by atoms with Gasteiger partial charge in [0.05, 0.1) is 23.1 Å². The van der Waals surface area contributed by atoms with E-state index in [1.165, 1.54) is 6.21 Å². The van der Waals surface area contributed by atoms with Gasteiger partial charge in [0.25, 0.3) is 0 Å². The van der Waals surface area contributed by atoms with Crippen LogP contribution in [-0.2, 0) is 21.4 Å². The number of amides is 2. The van der Waals surface area contributed by atoms with Crippen molar-refractivity contribution in [2.45, 2.75) is 58.3 Å². The van der Waals surface area contributed by atoms with Crippen molar-refractivity contribution in [2.75, 3.05) is 24.5 Å². The molecule has 55 heavy (non-hydrogen) atoms. The summed E-state index contributed by atoms with van der Waals surface area (Å²) in [5.41, 5.74) is 8.14. The Hall–Kier alpha value is -6.15. The molecule has 0 spiro atoms. The van der Waals surface area contributed by atoms with Gasteiger partial charge >= 0.3 is 0 Å². The van der Waals surface area contributed by atoms with E-state index < -0.39 is 11.3 Å². The molecular weight excluding hydrogens is 693 g/mol. The maximum absolute atomic E-state index is 14.0. The number of Topliss-reactive ketones (excluding diaryl/α,β-unsaturated/α-hetero) is 2. The number of carbonyl (C=O) groups is 5. The molecule has 4 aliphatic rings. The van der Waals surface area contributed by atoms with E-state index >= 15 is 0 Å². The van der Waals surface area contributed by atoms with E-state index in [0.29, 0.717) is 65.1 Å². The molecular formula is C44H42N6O5. The van der Waals surface area contributed by atoms with Crippen LogP contribution >= 0.6 is 0 Å². The molecule has 8 rings (SSSR count). The van der Waals surface area contributed by atoms with Crippen LogP contribution in [0.5, 0.6) is 0 Å². The zero-order valence-corrected chi connectivity index (χ0v) is 31.1. The monoisotopic (exact) mass is 734 g/mol. The van der Waals surface area contributed by atoms with E-state index in [9.17, 15) is 29.2 Å². The molecule has 3 heterocycles. The smallest absolute Gasteiger partial charge is 0.229 e. The zero-order chi connectivity index (χ0) is 38.8. The van der Waals surface area contributed by atoms with Crippen molar-refractivity contribution in [1.82, 2.24) is 15.6 Å². The molecule has 2 atom stereocenters. The first kappa shape index (κ1) is 35.9.